The Balaban J connectivity index is 1.92. The number of nitriles is 1. The number of hydrogen-bond acceptors (Lipinski definition) is 4. The lowest BCUT2D eigenvalue weighted by molar-refractivity contribution is 0.573. The van der Waals surface area contributed by atoms with Crippen LogP contribution in [0.3, 0.4) is 0 Å². The first kappa shape index (κ1) is 14.0. The van der Waals surface area contributed by atoms with E-state index in [0.29, 0.717) is 24.4 Å². The van der Waals surface area contributed by atoms with Crippen LogP contribution >= 0.6 is 0 Å². The second kappa shape index (κ2) is 5.72. The van der Waals surface area contributed by atoms with Crippen LogP contribution in [0.5, 0.6) is 0 Å². The number of aryl methyl sites for hydroxylation is 1. The average molecular weight is 278 g/mol. The highest BCUT2D eigenvalue weighted by atomic mass is 32.2. The first-order valence-corrected chi connectivity index (χ1v) is 8.16. The van der Waals surface area contributed by atoms with Crippen LogP contribution in [0.25, 0.3) is 0 Å². The van der Waals surface area contributed by atoms with E-state index in [4.69, 9.17) is 5.26 Å². The topological polar surface area (TPSA) is 70.0 Å². The molecule has 1 fully saturated rings. The predicted molar refractivity (Wildman–Crippen MR) is 74.4 cm³/mol. The van der Waals surface area contributed by atoms with Crippen molar-refractivity contribution in [1.82, 2.24) is 5.32 Å². The zero-order chi connectivity index (χ0) is 13.9. The van der Waals surface area contributed by atoms with Gasteiger partial charge in [0.25, 0.3) is 0 Å². The molecule has 0 aromatic heterocycles. The molecule has 1 atom stereocenters. The van der Waals surface area contributed by atoms with Gasteiger partial charge in [0.05, 0.1) is 22.6 Å². The van der Waals surface area contributed by atoms with E-state index in [1.807, 2.05) is 19.1 Å². The van der Waals surface area contributed by atoms with E-state index in [9.17, 15) is 8.42 Å². The van der Waals surface area contributed by atoms with Crippen LogP contribution in [-0.4, -0.2) is 26.0 Å². The Bertz CT molecular complexity index is 602. The van der Waals surface area contributed by atoms with Crippen molar-refractivity contribution in [3.63, 3.8) is 0 Å². The van der Waals surface area contributed by atoms with Crippen molar-refractivity contribution in [3.8, 4) is 6.07 Å². The van der Waals surface area contributed by atoms with Crippen LogP contribution in [0.15, 0.2) is 18.2 Å². The first-order valence-electron chi connectivity index (χ1n) is 6.45. The van der Waals surface area contributed by atoms with Gasteiger partial charge >= 0.3 is 0 Å². The van der Waals surface area contributed by atoms with Crippen LogP contribution in [0, 0.1) is 18.3 Å². The van der Waals surface area contributed by atoms with Crippen LogP contribution in [-0.2, 0) is 16.4 Å². The smallest absolute Gasteiger partial charge is 0.154 e. The Morgan fingerprint density at radius 1 is 1.47 bits per heavy atom. The molecule has 0 radical (unpaired) electrons. The second-order valence-corrected chi connectivity index (χ2v) is 7.42. The molecule has 0 spiro atoms. The van der Waals surface area contributed by atoms with Gasteiger partial charge in [0.2, 0.25) is 0 Å². The number of sulfone groups is 1. The Morgan fingerprint density at radius 2 is 2.26 bits per heavy atom. The van der Waals surface area contributed by atoms with Gasteiger partial charge in [-0.15, -0.1) is 0 Å². The van der Waals surface area contributed by atoms with Crippen LogP contribution in [0.4, 0.5) is 0 Å². The molecule has 5 heteroatoms. The maximum Gasteiger partial charge on any atom is 0.154 e. The lowest BCUT2D eigenvalue weighted by Crippen LogP contribution is -2.30. The number of rotatable bonds is 4. The third-order valence-electron chi connectivity index (χ3n) is 3.62. The minimum absolute atomic E-state index is 0.230. The molecular formula is C14H18N2O2S. The van der Waals surface area contributed by atoms with E-state index in [0.717, 1.165) is 24.0 Å². The Labute approximate surface area is 114 Å². The monoisotopic (exact) mass is 278 g/mol. The fraction of sp³-hybridized carbons (Fsp3) is 0.500. The van der Waals surface area contributed by atoms with Crippen molar-refractivity contribution in [2.24, 2.45) is 0 Å². The molecule has 1 saturated heterocycles. The second-order valence-electron chi connectivity index (χ2n) is 5.02. The molecule has 1 aliphatic heterocycles. The number of benzene rings is 1. The Kier molecular flexibility index (Phi) is 4.23. The summed E-state index contributed by atoms with van der Waals surface area (Å²) in [6.07, 6.45) is 1.55. The van der Waals surface area contributed by atoms with Crippen molar-refractivity contribution < 1.29 is 8.42 Å². The molecule has 0 aliphatic carbocycles. The SMILES string of the molecule is Cc1cc(C#N)ccc1CNCC1CCCS1(=O)=O. The van der Waals surface area contributed by atoms with Crippen molar-refractivity contribution in [3.05, 3.63) is 34.9 Å². The van der Waals surface area contributed by atoms with E-state index in [2.05, 4.69) is 11.4 Å². The van der Waals surface area contributed by atoms with Crippen molar-refractivity contribution in [2.45, 2.75) is 31.6 Å². The van der Waals surface area contributed by atoms with Gasteiger partial charge in [-0.05, 0) is 43.0 Å². The van der Waals surface area contributed by atoms with E-state index in [-0.39, 0.29) is 5.25 Å². The molecule has 102 valence electrons. The highest BCUT2D eigenvalue weighted by Crippen LogP contribution is 2.19. The van der Waals surface area contributed by atoms with Gasteiger partial charge < -0.3 is 5.32 Å². The molecule has 1 aromatic carbocycles. The molecule has 0 bridgehead atoms. The summed E-state index contributed by atoms with van der Waals surface area (Å²) in [6, 6.07) is 7.67. The summed E-state index contributed by atoms with van der Waals surface area (Å²) < 4.78 is 23.4. The van der Waals surface area contributed by atoms with Crippen LogP contribution in [0.1, 0.15) is 29.5 Å². The molecule has 19 heavy (non-hydrogen) atoms. The number of hydrogen-bond donors (Lipinski definition) is 1. The summed E-state index contributed by atoms with van der Waals surface area (Å²) in [7, 11) is -2.87. The maximum atomic E-state index is 11.7. The molecule has 4 nitrogen and oxygen atoms in total. The average Bonchev–Trinajstić information content (AvgIpc) is 2.70. The molecule has 1 aromatic rings. The molecule has 1 heterocycles. The quantitative estimate of drug-likeness (QED) is 0.907. The predicted octanol–water partition coefficient (Wildman–Crippen LogP) is 1.53. The fourth-order valence-electron chi connectivity index (χ4n) is 2.42. The largest absolute Gasteiger partial charge is 0.311 e. The highest BCUT2D eigenvalue weighted by Gasteiger charge is 2.30. The number of nitrogens with zero attached hydrogens (tertiary/aromatic N) is 1. The molecule has 1 unspecified atom stereocenters. The van der Waals surface area contributed by atoms with Gasteiger partial charge in [-0.1, -0.05) is 6.07 Å². The standard InChI is InChI=1S/C14H18N2O2S/c1-11-7-12(8-15)4-5-13(11)9-16-10-14-3-2-6-19(14,17)18/h4-5,7,14,16H,2-3,6,9-10H2,1H3. The fourth-order valence-corrected chi connectivity index (χ4v) is 4.22. The summed E-state index contributed by atoms with van der Waals surface area (Å²) in [5.74, 6) is 0.329. The van der Waals surface area contributed by atoms with Crippen molar-refractivity contribution in [1.29, 1.82) is 5.26 Å². The zero-order valence-electron chi connectivity index (χ0n) is 11.0. The van der Waals surface area contributed by atoms with Gasteiger partial charge in [-0.3, -0.25) is 0 Å². The molecule has 2 rings (SSSR count). The summed E-state index contributed by atoms with van der Waals surface area (Å²) >= 11 is 0. The highest BCUT2D eigenvalue weighted by molar-refractivity contribution is 7.92. The lowest BCUT2D eigenvalue weighted by Gasteiger charge is -2.12. The Hall–Kier alpha value is -1.38. The minimum atomic E-state index is -2.87. The normalized spacial score (nSPS) is 21.2. The maximum absolute atomic E-state index is 11.7. The van der Waals surface area contributed by atoms with E-state index in [1.54, 1.807) is 6.07 Å². The molecule has 0 amide bonds. The molecular weight excluding hydrogens is 260 g/mol. The van der Waals surface area contributed by atoms with Crippen LogP contribution in [0.2, 0.25) is 0 Å². The lowest BCUT2D eigenvalue weighted by atomic mass is 10.1. The third kappa shape index (κ3) is 3.34. The zero-order valence-corrected chi connectivity index (χ0v) is 11.8. The van der Waals surface area contributed by atoms with Gasteiger partial charge in [-0.2, -0.15) is 5.26 Å². The van der Waals surface area contributed by atoms with Gasteiger partial charge in [0, 0.05) is 13.1 Å². The van der Waals surface area contributed by atoms with Crippen molar-refractivity contribution in [2.75, 3.05) is 12.3 Å². The van der Waals surface area contributed by atoms with E-state index >= 15 is 0 Å². The first-order chi connectivity index (χ1) is 9.03. The molecule has 1 N–H and O–H groups in total. The Morgan fingerprint density at radius 3 is 2.84 bits per heavy atom. The summed E-state index contributed by atoms with van der Waals surface area (Å²) in [4.78, 5) is 0. The van der Waals surface area contributed by atoms with Gasteiger partial charge in [0.1, 0.15) is 0 Å². The number of nitrogens with one attached hydrogen (secondary N) is 1. The van der Waals surface area contributed by atoms with Gasteiger partial charge in [0.15, 0.2) is 9.84 Å². The molecule has 0 saturated carbocycles. The van der Waals surface area contributed by atoms with E-state index < -0.39 is 9.84 Å². The summed E-state index contributed by atoms with van der Waals surface area (Å²) in [5, 5.41) is 11.8. The summed E-state index contributed by atoms with van der Waals surface area (Å²) in [6.45, 7) is 3.12. The van der Waals surface area contributed by atoms with E-state index in [1.165, 1.54) is 0 Å². The van der Waals surface area contributed by atoms with Crippen molar-refractivity contribution >= 4 is 9.84 Å². The third-order valence-corrected chi connectivity index (χ3v) is 5.90. The van der Waals surface area contributed by atoms with Crippen LogP contribution < -0.4 is 5.32 Å². The molecule has 1 aliphatic rings. The van der Waals surface area contributed by atoms with Gasteiger partial charge in [-0.25, -0.2) is 8.42 Å². The minimum Gasteiger partial charge on any atom is -0.311 e. The summed E-state index contributed by atoms with van der Waals surface area (Å²) in [5.41, 5.74) is 2.81.